The highest BCUT2D eigenvalue weighted by Crippen LogP contribution is 1.89. The summed E-state index contributed by atoms with van der Waals surface area (Å²) >= 11 is 0. The average Bonchev–Trinajstić information content (AvgIpc) is 1.63. The Hall–Kier alpha value is -0.380. The largest absolute Gasteiger partial charge is 0.272 e. The van der Waals surface area contributed by atoms with Gasteiger partial charge >= 0.3 is 0 Å². The van der Waals surface area contributed by atoms with Crippen molar-refractivity contribution in [3.8, 4) is 0 Å². The Morgan fingerprint density at radius 3 is 2.22 bits per heavy atom. The number of carbonyl (C=O) groups is 1. The quantitative estimate of drug-likeness (QED) is 0.549. The van der Waals surface area contributed by atoms with Crippen molar-refractivity contribution < 1.29 is 9.00 Å². The van der Waals surface area contributed by atoms with E-state index >= 15 is 0 Å². The van der Waals surface area contributed by atoms with Crippen LogP contribution >= 0.6 is 0 Å². The van der Waals surface area contributed by atoms with Crippen molar-refractivity contribution in [1.29, 1.82) is 0 Å². The minimum absolute atomic E-state index is 0.357. The van der Waals surface area contributed by atoms with Crippen molar-refractivity contribution >= 4 is 15.6 Å². The molecular weight excluding hydrogens is 138 g/mol. The minimum Gasteiger partial charge on any atom is -0.272 e. The Morgan fingerprint density at radius 1 is 1.67 bits per heavy atom. The van der Waals surface area contributed by atoms with Crippen molar-refractivity contribution in [3.05, 3.63) is 0 Å². The zero-order chi connectivity index (χ0) is 7.49. The lowest BCUT2D eigenvalue weighted by molar-refractivity contribution is -0.115. The maximum Gasteiger partial charge on any atom is 0.250 e. The lowest BCUT2D eigenvalue weighted by Crippen LogP contribution is -2.01. The van der Waals surface area contributed by atoms with Crippen molar-refractivity contribution in [1.82, 2.24) is 0 Å². The first-order valence-electron chi connectivity index (χ1n) is 2.68. The molecule has 9 heavy (non-hydrogen) atoms. The maximum atomic E-state index is 11.0. The van der Waals surface area contributed by atoms with Crippen LogP contribution in [0.5, 0.6) is 0 Å². The second-order valence-electron chi connectivity index (χ2n) is 1.86. The van der Waals surface area contributed by atoms with Gasteiger partial charge in [-0.1, -0.05) is 6.92 Å². The molecule has 0 bridgehead atoms. The summed E-state index contributed by atoms with van der Waals surface area (Å²) in [5, 5.41) is 0. The van der Waals surface area contributed by atoms with Crippen LogP contribution in [0.1, 0.15) is 13.8 Å². The molecule has 54 valence electrons. The summed E-state index contributed by atoms with van der Waals surface area (Å²) in [5.74, 6) is 0.0800. The number of hydrogen-bond donors (Lipinski definition) is 0. The van der Waals surface area contributed by atoms with Crippen molar-refractivity contribution in [2.75, 3.05) is 12.0 Å². The molecule has 1 unspecified atom stereocenters. The molecule has 4 heteroatoms. The molecule has 0 aromatic carbocycles. The van der Waals surface area contributed by atoms with Crippen LogP contribution in [0, 0.1) is 0 Å². The monoisotopic (exact) mass is 149 g/mol. The molecule has 1 atom stereocenters. The fraction of sp³-hybridized carbons (Fsp3) is 0.800. The highest BCUT2D eigenvalue weighted by Gasteiger charge is 1.96. The highest BCUT2D eigenvalue weighted by molar-refractivity contribution is 7.93. The summed E-state index contributed by atoms with van der Waals surface area (Å²) in [6.07, 6.45) is 1.48. The summed E-state index contributed by atoms with van der Waals surface area (Å²) in [6, 6.07) is 0. The first kappa shape index (κ1) is 8.62. The second-order valence-corrected chi connectivity index (χ2v) is 4.54. The lowest BCUT2D eigenvalue weighted by atomic mass is 10.8. The van der Waals surface area contributed by atoms with E-state index in [0.717, 1.165) is 0 Å². The lowest BCUT2D eigenvalue weighted by Gasteiger charge is -1.93. The Bertz CT molecular complexity index is 213. The van der Waals surface area contributed by atoms with Gasteiger partial charge in [0, 0.05) is 18.9 Å². The molecule has 0 spiro atoms. The molecule has 0 saturated heterocycles. The third kappa shape index (κ3) is 4.14. The van der Waals surface area contributed by atoms with Crippen LogP contribution in [0.2, 0.25) is 0 Å². The van der Waals surface area contributed by atoms with Crippen molar-refractivity contribution in [2.24, 2.45) is 4.36 Å². The van der Waals surface area contributed by atoms with Gasteiger partial charge < -0.3 is 0 Å². The first-order chi connectivity index (χ1) is 3.98. The van der Waals surface area contributed by atoms with Gasteiger partial charge in [-0.25, -0.2) is 4.21 Å². The standard InChI is InChI=1S/C5H11NO2S/c1-4-9(3,8)6-5(2)7/h4H2,1-3H3. The highest BCUT2D eigenvalue weighted by atomic mass is 32.2. The topological polar surface area (TPSA) is 46.5 Å². The molecule has 0 aliphatic heterocycles. The molecule has 3 nitrogen and oxygen atoms in total. The van der Waals surface area contributed by atoms with Crippen LogP contribution in [0.25, 0.3) is 0 Å². The van der Waals surface area contributed by atoms with Crippen LogP contribution in [0.3, 0.4) is 0 Å². The van der Waals surface area contributed by atoms with E-state index in [-0.39, 0.29) is 5.91 Å². The number of carbonyl (C=O) groups excluding carboxylic acids is 1. The fourth-order valence-electron chi connectivity index (χ4n) is 0.336. The van der Waals surface area contributed by atoms with Gasteiger partial charge in [0.2, 0.25) is 0 Å². The molecular formula is C5H11NO2S. The van der Waals surface area contributed by atoms with E-state index in [1.54, 1.807) is 6.92 Å². The maximum absolute atomic E-state index is 11.0. The molecule has 0 aromatic rings. The van der Waals surface area contributed by atoms with E-state index in [9.17, 15) is 9.00 Å². The van der Waals surface area contributed by atoms with Gasteiger partial charge in [0.15, 0.2) is 0 Å². The molecule has 0 heterocycles. The normalized spacial score (nSPS) is 16.3. The van der Waals surface area contributed by atoms with E-state index < -0.39 is 9.73 Å². The molecule has 0 fully saturated rings. The summed E-state index contributed by atoms with van der Waals surface area (Å²) in [6.45, 7) is 3.05. The van der Waals surface area contributed by atoms with E-state index in [0.29, 0.717) is 5.75 Å². The van der Waals surface area contributed by atoms with E-state index in [1.807, 2.05) is 0 Å². The average molecular weight is 149 g/mol. The molecule has 0 rings (SSSR count). The van der Waals surface area contributed by atoms with Gasteiger partial charge in [-0.2, -0.15) is 4.36 Å². The van der Waals surface area contributed by atoms with Crippen LogP contribution in [-0.4, -0.2) is 22.1 Å². The van der Waals surface area contributed by atoms with Crippen molar-refractivity contribution in [2.45, 2.75) is 13.8 Å². The number of rotatable bonds is 1. The summed E-state index contributed by atoms with van der Waals surface area (Å²) in [4.78, 5) is 10.3. The Labute approximate surface area is 55.6 Å². The second kappa shape index (κ2) is 2.96. The van der Waals surface area contributed by atoms with E-state index in [4.69, 9.17) is 0 Å². The predicted octanol–water partition coefficient (Wildman–Crippen LogP) is 0.651. The Kier molecular flexibility index (Phi) is 2.84. The third-order valence-corrected chi connectivity index (χ3v) is 2.57. The van der Waals surface area contributed by atoms with Crippen molar-refractivity contribution in [3.63, 3.8) is 0 Å². The molecule has 0 radical (unpaired) electrons. The molecule has 0 aliphatic rings. The van der Waals surface area contributed by atoms with Gasteiger partial charge in [-0.05, 0) is 0 Å². The van der Waals surface area contributed by atoms with Crippen LogP contribution in [0.15, 0.2) is 4.36 Å². The van der Waals surface area contributed by atoms with Gasteiger partial charge in [0.25, 0.3) is 5.91 Å². The molecule has 0 aromatic heterocycles. The molecule has 0 N–H and O–H groups in total. The number of hydrogen-bond acceptors (Lipinski definition) is 2. The molecule has 1 amide bonds. The van der Waals surface area contributed by atoms with E-state index in [2.05, 4.69) is 4.36 Å². The molecule has 0 aliphatic carbocycles. The smallest absolute Gasteiger partial charge is 0.250 e. The number of nitrogens with zero attached hydrogens (tertiary/aromatic N) is 1. The van der Waals surface area contributed by atoms with Crippen LogP contribution in [0.4, 0.5) is 0 Å². The fourth-order valence-corrected chi connectivity index (χ4v) is 1.01. The van der Waals surface area contributed by atoms with Crippen LogP contribution < -0.4 is 0 Å². The van der Waals surface area contributed by atoms with Gasteiger partial charge in [-0.3, -0.25) is 4.79 Å². The Morgan fingerprint density at radius 2 is 2.11 bits per heavy atom. The van der Waals surface area contributed by atoms with Gasteiger partial charge in [-0.15, -0.1) is 0 Å². The minimum atomic E-state index is -2.19. The predicted molar refractivity (Wildman–Crippen MR) is 37.7 cm³/mol. The summed E-state index contributed by atoms with van der Waals surface area (Å²) < 4.78 is 14.4. The summed E-state index contributed by atoms with van der Waals surface area (Å²) in [7, 11) is -2.19. The van der Waals surface area contributed by atoms with Gasteiger partial charge in [0.1, 0.15) is 0 Å². The zero-order valence-electron chi connectivity index (χ0n) is 5.88. The third-order valence-electron chi connectivity index (χ3n) is 0.857. The zero-order valence-corrected chi connectivity index (χ0v) is 6.70. The number of amides is 1. The Balaban J connectivity index is 4.50. The van der Waals surface area contributed by atoms with E-state index in [1.165, 1.54) is 13.2 Å². The molecule has 0 saturated carbocycles. The first-order valence-corrected chi connectivity index (χ1v) is 4.77. The summed E-state index contributed by atoms with van der Waals surface area (Å²) in [5.41, 5.74) is 0. The van der Waals surface area contributed by atoms with Crippen LogP contribution in [-0.2, 0) is 14.5 Å². The SMILES string of the molecule is CCS(C)(=O)=NC(C)=O. The van der Waals surface area contributed by atoms with Gasteiger partial charge in [0.05, 0.1) is 9.73 Å².